The SMILES string of the molecule is CC(=O)/C=C(/C)[O-].CC(=O)/C=C(/C)[O-].CC(=O)/C=C(/C)[O-].CC(=O)/C=C(/C)[O-].[Hf+4]. The predicted octanol–water partition coefficient (Wildman–Crippen LogP) is -0.644. The van der Waals surface area contributed by atoms with Crippen molar-refractivity contribution < 1.29 is 65.4 Å². The third-order valence-corrected chi connectivity index (χ3v) is 1.63. The summed E-state index contributed by atoms with van der Waals surface area (Å²) in [4.78, 5) is 39.9. The molecular formula is C20H28HfO8. The first kappa shape index (κ1) is 37.5. The number of hydrogen-bond donors (Lipinski definition) is 0. The van der Waals surface area contributed by atoms with Crippen LogP contribution in [-0.2, 0) is 45.0 Å². The summed E-state index contributed by atoms with van der Waals surface area (Å²) < 4.78 is 0. The standard InChI is InChI=1S/4C5H8O2.Hf/c4*1-4(6)3-5(2)7;/h4*3,6H,1-2H3;/q;;;;+4/p-4/b4*4-3-;. The third-order valence-electron chi connectivity index (χ3n) is 1.63. The van der Waals surface area contributed by atoms with Gasteiger partial charge in [-0.05, 0) is 52.0 Å². The summed E-state index contributed by atoms with van der Waals surface area (Å²) >= 11 is 0. The fraction of sp³-hybridized carbons (Fsp3) is 0.400. The molecule has 0 saturated heterocycles. The summed E-state index contributed by atoms with van der Waals surface area (Å²) in [5, 5.41) is 39.9. The van der Waals surface area contributed by atoms with E-state index in [0.717, 1.165) is 24.3 Å². The topological polar surface area (TPSA) is 161 Å². The van der Waals surface area contributed by atoms with Crippen molar-refractivity contribution in [1.29, 1.82) is 0 Å². The van der Waals surface area contributed by atoms with Gasteiger partial charge in [-0.1, -0.05) is 27.7 Å². The molecular weight excluding hydrogens is 547 g/mol. The van der Waals surface area contributed by atoms with Gasteiger partial charge in [0.2, 0.25) is 0 Å². The van der Waals surface area contributed by atoms with Crippen LogP contribution in [0.5, 0.6) is 0 Å². The monoisotopic (exact) mass is 576 g/mol. The number of allylic oxidation sites excluding steroid dienone is 8. The summed E-state index contributed by atoms with van der Waals surface area (Å²) in [6, 6.07) is 0. The Morgan fingerprint density at radius 3 is 0.517 bits per heavy atom. The minimum Gasteiger partial charge on any atom is -0.876 e. The van der Waals surface area contributed by atoms with Crippen molar-refractivity contribution in [1.82, 2.24) is 0 Å². The zero-order valence-electron chi connectivity index (χ0n) is 18.1. The van der Waals surface area contributed by atoms with Gasteiger partial charge in [0, 0.05) is 0 Å². The van der Waals surface area contributed by atoms with Crippen molar-refractivity contribution in [3.05, 3.63) is 47.3 Å². The van der Waals surface area contributed by atoms with Crippen molar-refractivity contribution in [2.24, 2.45) is 0 Å². The van der Waals surface area contributed by atoms with E-state index in [1.165, 1.54) is 55.4 Å². The Hall–Kier alpha value is -2.29. The number of ketones is 4. The molecule has 0 amide bonds. The molecule has 0 N–H and O–H groups in total. The predicted molar refractivity (Wildman–Crippen MR) is 97.8 cm³/mol. The van der Waals surface area contributed by atoms with E-state index >= 15 is 0 Å². The molecule has 0 aromatic carbocycles. The molecule has 0 spiro atoms. The molecule has 0 aliphatic carbocycles. The van der Waals surface area contributed by atoms with Crippen molar-refractivity contribution in [3.63, 3.8) is 0 Å². The second-order valence-corrected chi connectivity index (χ2v) is 5.46. The van der Waals surface area contributed by atoms with Crippen molar-refractivity contribution in [2.45, 2.75) is 55.4 Å². The second kappa shape index (κ2) is 23.7. The van der Waals surface area contributed by atoms with Crippen LogP contribution < -0.4 is 20.4 Å². The number of carbonyl (C=O) groups excluding carboxylic acids is 4. The molecule has 8 nitrogen and oxygen atoms in total. The summed E-state index contributed by atoms with van der Waals surface area (Å²) in [7, 11) is 0. The Balaban J connectivity index is -0.0000000873. The Morgan fingerprint density at radius 1 is 0.414 bits per heavy atom. The maximum atomic E-state index is 9.98. The molecule has 9 heteroatoms. The van der Waals surface area contributed by atoms with E-state index in [1.807, 2.05) is 0 Å². The van der Waals surface area contributed by atoms with Gasteiger partial charge in [0.25, 0.3) is 0 Å². The van der Waals surface area contributed by atoms with Crippen LogP contribution >= 0.6 is 0 Å². The van der Waals surface area contributed by atoms with Crippen LogP contribution in [0.15, 0.2) is 47.3 Å². The maximum absolute atomic E-state index is 9.98. The molecule has 0 atom stereocenters. The van der Waals surface area contributed by atoms with Crippen LogP contribution in [-0.4, -0.2) is 23.1 Å². The van der Waals surface area contributed by atoms with E-state index in [2.05, 4.69) is 0 Å². The van der Waals surface area contributed by atoms with Crippen LogP contribution in [0.4, 0.5) is 0 Å². The van der Waals surface area contributed by atoms with Gasteiger partial charge in [0.15, 0.2) is 23.1 Å². The fourth-order valence-corrected chi connectivity index (χ4v) is 1.14. The van der Waals surface area contributed by atoms with Gasteiger partial charge in [0.05, 0.1) is 0 Å². The molecule has 0 unspecified atom stereocenters. The maximum Gasteiger partial charge on any atom is 4.00 e. The van der Waals surface area contributed by atoms with Crippen LogP contribution in [0.25, 0.3) is 0 Å². The molecule has 0 aromatic heterocycles. The molecule has 0 saturated carbocycles. The fourth-order valence-electron chi connectivity index (χ4n) is 1.14. The number of hydrogen-bond acceptors (Lipinski definition) is 8. The van der Waals surface area contributed by atoms with Crippen LogP contribution in [0.2, 0.25) is 0 Å². The van der Waals surface area contributed by atoms with Gasteiger partial charge in [-0.2, -0.15) is 0 Å². The Kier molecular flexibility index (Phi) is 30.7. The molecule has 0 aromatic rings. The average Bonchev–Trinajstić information content (AvgIpc) is 2.32. The zero-order chi connectivity index (χ0) is 23.4. The average molecular weight is 575 g/mol. The molecule has 0 heterocycles. The van der Waals surface area contributed by atoms with Gasteiger partial charge < -0.3 is 20.4 Å². The Labute approximate surface area is 191 Å². The van der Waals surface area contributed by atoms with E-state index in [4.69, 9.17) is 0 Å². The molecule has 0 radical (unpaired) electrons. The molecule has 0 rings (SSSR count). The molecule has 160 valence electrons. The summed E-state index contributed by atoms with van der Waals surface area (Å²) in [6.45, 7) is 10.8. The van der Waals surface area contributed by atoms with Gasteiger partial charge >= 0.3 is 25.8 Å². The number of rotatable bonds is 4. The van der Waals surface area contributed by atoms with Crippen molar-refractivity contribution in [2.75, 3.05) is 0 Å². The quantitative estimate of drug-likeness (QED) is 0.243. The minimum absolute atomic E-state index is 0. The van der Waals surface area contributed by atoms with Gasteiger partial charge in [-0.3, -0.25) is 19.2 Å². The Morgan fingerprint density at radius 2 is 0.517 bits per heavy atom. The van der Waals surface area contributed by atoms with Crippen LogP contribution in [0, 0.1) is 0 Å². The van der Waals surface area contributed by atoms with Crippen molar-refractivity contribution >= 4 is 23.1 Å². The van der Waals surface area contributed by atoms with E-state index in [-0.39, 0.29) is 72.0 Å². The Bertz CT molecular complexity index is 513. The largest absolute Gasteiger partial charge is 4.00 e. The van der Waals surface area contributed by atoms with Crippen LogP contribution in [0.1, 0.15) is 55.4 Å². The molecule has 0 aliphatic heterocycles. The third kappa shape index (κ3) is 76.9. The molecule has 0 aliphatic rings. The normalized spacial score (nSPS) is 11.0. The summed E-state index contributed by atoms with van der Waals surface area (Å²) in [5.74, 6) is -1.50. The van der Waals surface area contributed by atoms with E-state index in [9.17, 15) is 39.6 Å². The van der Waals surface area contributed by atoms with Gasteiger partial charge in [-0.25, -0.2) is 0 Å². The molecule has 29 heavy (non-hydrogen) atoms. The van der Waals surface area contributed by atoms with Crippen LogP contribution in [0.3, 0.4) is 0 Å². The van der Waals surface area contributed by atoms with Crippen molar-refractivity contribution in [3.8, 4) is 0 Å². The first-order valence-electron chi connectivity index (χ1n) is 7.94. The first-order chi connectivity index (χ1) is 12.5. The van der Waals surface area contributed by atoms with E-state index in [0.29, 0.717) is 0 Å². The summed E-state index contributed by atoms with van der Waals surface area (Å²) in [6.07, 6.45) is 4.22. The van der Waals surface area contributed by atoms with E-state index < -0.39 is 0 Å². The molecule has 0 bridgehead atoms. The van der Waals surface area contributed by atoms with E-state index in [1.54, 1.807) is 0 Å². The second-order valence-electron chi connectivity index (χ2n) is 5.46. The number of carbonyl (C=O) groups is 4. The molecule has 0 fully saturated rings. The zero-order valence-corrected chi connectivity index (χ0v) is 21.7. The first-order valence-corrected chi connectivity index (χ1v) is 7.94. The minimum atomic E-state index is -0.187. The van der Waals surface area contributed by atoms with Gasteiger partial charge in [0.1, 0.15) is 0 Å². The summed E-state index contributed by atoms with van der Waals surface area (Å²) in [5.41, 5.74) is 0. The van der Waals surface area contributed by atoms with Gasteiger partial charge in [-0.15, -0.1) is 23.0 Å². The smallest absolute Gasteiger partial charge is 0.876 e.